The second kappa shape index (κ2) is 6.06. The fourth-order valence-corrected chi connectivity index (χ4v) is 3.94. The molecule has 0 aliphatic carbocycles. The van der Waals surface area contributed by atoms with Gasteiger partial charge in [0.15, 0.2) is 0 Å². The molecule has 2 aliphatic heterocycles. The van der Waals surface area contributed by atoms with Gasteiger partial charge in [-0.2, -0.15) is 0 Å². The normalized spacial score (nSPS) is 19.2. The van der Waals surface area contributed by atoms with Crippen LogP contribution in [0.1, 0.15) is 35.4 Å². The molecule has 3 heterocycles. The van der Waals surface area contributed by atoms with E-state index in [1.165, 1.54) is 0 Å². The first-order valence-corrected chi connectivity index (χ1v) is 8.78. The van der Waals surface area contributed by atoms with Gasteiger partial charge in [-0.15, -0.1) is 0 Å². The first-order chi connectivity index (χ1) is 12.1. The predicted molar refractivity (Wildman–Crippen MR) is 94.1 cm³/mol. The molecule has 0 saturated carbocycles. The summed E-state index contributed by atoms with van der Waals surface area (Å²) in [6.07, 6.45) is 2.33. The number of piperidine rings is 1. The summed E-state index contributed by atoms with van der Waals surface area (Å²) < 4.78 is 5.82. The van der Waals surface area contributed by atoms with E-state index in [1.54, 1.807) is 0 Å². The van der Waals surface area contributed by atoms with Crippen LogP contribution in [0.25, 0.3) is 11.3 Å². The van der Waals surface area contributed by atoms with Crippen molar-refractivity contribution in [1.82, 2.24) is 10.2 Å². The van der Waals surface area contributed by atoms with Crippen molar-refractivity contribution in [3.8, 4) is 11.3 Å². The lowest BCUT2D eigenvalue weighted by Crippen LogP contribution is -2.44. The molecule has 4 rings (SSSR count). The van der Waals surface area contributed by atoms with Crippen LogP contribution in [0.2, 0.25) is 0 Å². The van der Waals surface area contributed by atoms with Crippen molar-refractivity contribution in [1.29, 1.82) is 0 Å². The summed E-state index contributed by atoms with van der Waals surface area (Å²) in [6.45, 7) is 3.98. The zero-order chi connectivity index (χ0) is 17.4. The van der Waals surface area contributed by atoms with Crippen molar-refractivity contribution in [2.45, 2.75) is 26.2 Å². The van der Waals surface area contributed by atoms with Gasteiger partial charge in [-0.05, 0) is 31.2 Å². The van der Waals surface area contributed by atoms with Crippen LogP contribution in [-0.2, 0) is 4.79 Å². The lowest BCUT2D eigenvalue weighted by molar-refractivity contribution is -0.119. The summed E-state index contributed by atoms with van der Waals surface area (Å²) in [5.41, 5.74) is 1.58. The highest BCUT2D eigenvalue weighted by Crippen LogP contribution is 2.38. The molecule has 130 valence electrons. The van der Waals surface area contributed by atoms with Gasteiger partial charge in [-0.25, -0.2) is 0 Å². The Morgan fingerprint density at radius 2 is 1.92 bits per heavy atom. The molecule has 2 saturated heterocycles. The number of nitrogens with zero attached hydrogens (tertiary/aromatic N) is 1. The summed E-state index contributed by atoms with van der Waals surface area (Å²) in [4.78, 5) is 26.5. The van der Waals surface area contributed by atoms with Gasteiger partial charge in [0.25, 0.3) is 5.91 Å². The van der Waals surface area contributed by atoms with Gasteiger partial charge in [0.2, 0.25) is 5.91 Å². The van der Waals surface area contributed by atoms with E-state index in [0.717, 1.165) is 30.7 Å². The van der Waals surface area contributed by atoms with Gasteiger partial charge in [-0.3, -0.25) is 9.59 Å². The van der Waals surface area contributed by atoms with E-state index in [0.29, 0.717) is 30.8 Å². The predicted octanol–water partition coefficient (Wildman–Crippen LogP) is 3.00. The zero-order valence-electron chi connectivity index (χ0n) is 14.4. The highest BCUT2D eigenvalue weighted by molar-refractivity contribution is 6.00. The fraction of sp³-hybridized carbons (Fsp3) is 0.400. The van der Waals surface area contributed by atoms with Crippen molar-refractivity contribution < 1.29 is 14.0 Å². The minimum Gasteiger partial charge on any atom is -0.461 e. The van der Waals surface area contributed by atoms with Crippen molar-refractivity contribution in [3.63, 3.8) is 0 Å². The second-order valence-corrected chi connectivity index (χ2v) is 7.21. The number of furan rings is 1. The van der Waals surface area contributed by atoms with Crippen LogP contribution >= 0.6 is 0 Å². The first kappa shape index (κ1) is 15.9. The Kier molecular flexibility index (Phi) is 3.86. The van der Waals surface area contributed by atoms with Crippen LogP contribution in [0.4, 0.5) is 0 Å². The van der Waals surface area contributed by atoms with Gasteiger partial charge in [0, 0.05) is 31.6 Å². The molecule has 0 bridgehead atoms. The third-order valence-corrected chi connectivity index (χ3v) is 5.43. The minimum absolute atomic E-state index is 0.0165. The molecule has 25 heavy (non-hydrogen) atoms. The van der Waals surface area contributed by atoms with Gasteiger partial charge < -0.3 is 14.6 Å². The van der Waals surface area contributed by atoms with Gasteiger partial charge in [0.1, 0.15) is 11.5 Å². The fourth-order valence-electron chi connectivity index (χ4n) is 3.94. The van der Waals surface area contributed by atoms with Gasteiger partial charge in [-0.1, -0.05) is 30.3 Å². The van der Waals surface area contributed by atoms with E-state index in [2.05, 4.69) is 5.32 Å². The molecule has 5 heteroatoms. The summed E-state index contributed by atoms with van der Waals surface area (Å²) in [5.74, 6) is 1.53. The zero-order valence-corrected chi connectivity index (χ0v) is 14.4. The van der Waals surface area contributed by atoms with E-state index in [-0.39, 0.29) is 17.2 Å². The number of amides is 2. The number of hydrogen-bond donors (Lipinski definition) is 1. The highest BCUT2D eigenvalue weighted by Gasteiger charge is 2.42. The van der Waals surface area contributed by atoms with Crippen LogP contribution < -0.4 is 5.32 Å². The molecule has 2 aliphatic rings. The number of rotatable bonds is 2. The van der Waals surface area contributed by atoms with E-state index in [1.807, 2.05) is 48.2 Å². The molecule has 1 aromatic carbocycles. The first-order valence-electron chi connectivity index (χ1n) is 8.78. The smallest absolute Gasteiger partial charge is 0.257 e. The van der Waals surface area contributed by atoms with Crippen molar-refractivity contribution in [3.05, 3.63) is 47.7 Å². The molecule has 0 radical (unpaired) electrons. The molecule has 1 aromatic heterocycles. The largest absolute Gasteiger partial charge is 0.461 e. The van der Waals surface area contributed by atoms with Crippen LogP contribution in [-0.4, -0.2) is 36.3 Å². The van der Waals surface area contributed by atoms with E-state index >= 15 is 0 Å². The maximum absolute atomic E-state index is 13.1. The topological polar surface area (TPSA) is 62.6 Å². The van der Waals surface area contributed by atoms with Crippen molar-refractivity contribution >= 4 is 11.8 Å². The molecule has 0 atom stereocenters. The van der Waals surface area contributed by atoms with Crippen LogP contribution in [0.15, 0.2) is 40.8 Å². The average Bonchev–Trinajstić information content (AvgIpc) is 3.19. The molecule has 2 amide bonds. The summed E-state index contributed by atoms with van der Waals surface area (Å²) in [5, 5.41) is 2.93. The average molecular weight is 338 g/mol. The Balaban J connectivity index is 1.54. The molecule has 2 fully saturated rings. The third-order valence-electron chi connectivity index (χ3n) is 5.43. The summed E-state index contributed by atoms with van der Waals surface area (Å²) >= 11 is 0. The molecule has 0 unspecified atom stereocenters. The maximum Gasteiger partial charge on any atom is 0.257 e. The minimum atomic E-state index is 0.0165. The standard InChI is InChI=1S/C20H22N2O3/c1-14-11-16(18(25-14)15-5-3-2-4-6-15)19(24)22-9-7-20(8-10-22)12-17(23)21-13-20/h2-6,11H,7-10,12-13H2,1H3,(H,21,23). The summed E-state index contributed by atoms with van der Waals surface area (Å²) in [7, 11) is 0. The molecular formula is C20H22N2O3. The lowest BCUT2D eigenvalue weighted by Gasteiger charge is -2.38. The SMILES string of the molecule is Cc1cc(C(=O)N2CCC3(CC2)CNC(=O)C3)c(-c2ccccc2)o1. The Morgan fingerprint density at radius 1 is 1.20 bits per heavy atom. The highest BCUT2D eigenvalue weighted by atomic mass is 16.3. The molecule has 1 spiro atoms. The Morgan fingerprint density at radius 3 is 2.56 bits per heavy atom. The molecule has 5 nitrogen and oxygen atoms in total. The van der Waals surface area contributed by atoms with Crippen molar-refractivity contribution in [2.24, 2.45) is 5.41 Å². The number of nitrogens with one attached hydrogen (secondary N) is 1. The van der Waals surface area contributed by atoms with Crippen LogP contribution in [0, 0.1) is 12.3 Å². The molecule has 1 N–H and O–H groups in total. The van der Waals surface area contributed by atoms with Crippen molar-refractivity contribution in [2.75, 3.05) is 19.6 Å². The number of carbonyl (C=O) groups is 2. The van der Waals surface area contributed by atoms with Crippen LogP contribution in [0.3, 0.4) is 0 Å². The number of hydrogen-bond acceptors (Lipinski definition) is 3. The number of likely N-dealkylation sites (tertiary alicyclic amines) is 1. The monoisotopic (exact) mass is 338 g/mol. The Bertz CT molecular complexity index is 802. The molecular weight excluding hydrogens is 316 g/mol. The van der Waals surface area contributed by atoms with Gasteiger partial charge in [0.05, 0.1) is 5.56 Å². The number of carbonyl (C=O) groups excluding carboxylic acids is 2. The van der Waals surface area contributed by atoms with Crippen LogP contribution in [0.5, 0.6) is 0 Å². The van der Waals surface area contributed by atoms with E-state index in [4.69, 9.17) is 4.42 Å². The third kappa shape index (κ3) is 2.95. The molecule has 2 aromatic rings. The maximum atomic E-state index is 13.1. The summed E-state index contributed by atoms with van der Waals surface area (Å²) in [6, 6.07) is 11.6. The lowest BCUT2D eigenvalue weighted by atomic mass is 9.77. The van der Waals surface area contributed by atoms with Gasteiger partial charge >= 0.3 is 0 Å². The number of aryl methyl sites for hydroxylation is 1. The number of benzene rings is 1. The van der Waals surface area contributed by atoms with E-state index < -0.39 is 0 Å². The Labute approximate surface area is 147 Å². The second-order valence-electron chi connectivity index (χ2n) is 7.21. The van der Waals surface area contributed by atoms with E-state index in [9.17, 15) is 9.59 Å². The quantitative estimate of drug-likeness (QED) is 0.915. The Hall–Kier alpha value is -2.56.